The average Bonchev–Trinajstić information content (AvgIpc) is 2.07. The van der Waals surface area contributed by atoms with Gasteiger partial charge in [-0.25, -0.2) is 5.26 Å². The Morgan fingerprint density at radius 2 is 2.00 bits per heavy atom. The van der Waals surface area contributed by atoms with Crippen LogP contribution in [0.15, 0.2) is 35.7 Å². The standard InChI is InChI=1S/C8H8O2S/c9-10-11-7-6-8-4-2-1-3-5-8/h1-7,9H. The summed E-state index contributed by atoms with van der Waals surface area (Å²) in [7, 11) is 0. The molecule has 0 aliphatic rings. The minimum Gasteiger partial charge on any atom is -0.239 e. The maximum Gasteiger partial charge on any atom is 0.0600 e. The normalized spacial score (nSPS) is 10.6. The van der Waals surface area contributed by atoms with E-state index in [0.717, 1.165) is 17.6 Å². The first-order valence-corrected chi connectivity index (χ1v) is 3.92. The monoisotopic (exact) mass is 168 g/mol. The van der Waals surface area contributed by atoms with Crippen LogP contribution in [0.4, 0.5) is 0 Å². The van der Waals surface area contributed by atoms with Gasteiger partial charge in [-0.05, 0) is 11.6 Å². The highest BCUT2D eigenvalue weighted by Gasteiger charge is 1.81. The number of hydrogen-bond donors (Lipinski definition) is 1. The van der Waals surface area contributed by atoms with Gasteiger partial charge in [0.05, 0.1) is 12.0 Å². The Kier molecular flexibility index (Phi) is 3.75. The molecule has 0 aliphatic carbocycles. The molecule has 0 bridgehead atoms. The molecule has 1 aromatic carbocycles. The van der Waals surface area contributed by atoms with E-state index in [9.17, 15) is 0 Å². The van der Waals surface area contributed by atoms with Gasteiger partial charge in [0.25, 0.3) is 0 Å². The highest BCUT2D eigenvalue weighted by Crippen LogP contribution is 2.07. The first-order chi connectivity index (χ1) is 5.43. The van der Waals surface area contributed by atoms with Crippen LogP contribution < -0.4 is 0 Å². The van der Waals surface area contributed by atoms with E-state index in [1.165, 1.54) is 0 Å². The van der Waals surface area contributed by atoms with Gasteiger partial charge >= 0.3 is 0 Å². The summed E-state index contributed by atoms with van der Waals surface area (Å²) in [5.41, 5.74) is 1.08. The summed E-state index contributed by atoms with van der Waals surface area (Å²) in [6.07, 6.45) is 1.85. The van der Waals surface area contributed by atoms with Crippen LogP contribution in [-0.4, -0.2) is 5.26 Å². The minimum atomic E-state index is 0.878. The van der Waals surface area contributed by atoms with Crippen molar-refractivity contribution in [2.45, 2.75) is 0 Å². The number of hydrogen-bond acceptors (Lipinski definition) is 3. The summed E-state index contributed by atoms with van der Waals surface area (Å²) in [6, 6.07) is 9.78. The molecular formula is C8H8O2S. The van der Waals surface area contributed by atoms with Gasteiger partial charge in [0.2, 0.25) is 0 Å². The van der Waals surface area contributed by atoms with Crippen molar-refractivity contribution < 1.29 is 9.59 Å². The molecule has 0 amide bonds. The molecule has 0 saturated heterocycles. The molecule has 2 nitrogen and oxygen atoms in total. The van der Waals surface area contributed by atoms with Gasteiger partial charge in [-0.15, -0.1) is 0 Å². The predicted molar refractivity (Wildman–Crippen MR) is 46.8 cm³/mol. The van der Waals surface area contributed by atoms with Gasteiger partial charge in [-0.1, -0.05) is 30.3 Å². The fourth-order valence-corrected chi connectivity index (χ4v) is 0.958. The third-order valence-corrected chi connectivity index (χ3v) is 1.49. The lowest BCUT2D eigenvalue weighted by molar-refractivity contribution is -0.115. The number of benzene rings is 1. The van der Waals surface area contributed by atoms with Crippen molar-refractivity contribution in [2.75, 3.05) is 0 Å². The quantitative estimate of drug-likeness (QED) is 0.427. The molecule has 58 valence electrons. The van der Waals surface area contributed by atoms with Crippen LogP contribution in [0.3, 0.4) is 0 Å². The number of rotatable bonds is 3. The Bertz CT molecular complexity index is 221. The molecule has 0 spiro atoms. The Labute approximate surface area is 69.6 Å². The second-order valence-electron chi connectivity index (χ2n) is 1.88. The third kappa shape index (κ3) is 3.23. The molecule has 0 heterocycles. The summed E-state index contributed by atoms with van der Waals surface area (Å²) in [5.74, 6) is 0. The second-order valence-corrected chi connectivity index (χ2v) is 2.50. The van der Waals surface area contributed by atoms with Crippen molar-refractivity contribution >= 4 is 18.1 Å². The summed E-state index contributed by atoms with van der Waals surface area (Å²) in [6.45, 7) is 0. The van der Waals surface area contributed by atoms with Crippen LogP contribution in [0.2, 0.25) is 0 Å². The van der Waals surface area contributed by atoms with Crippen molar-refractivity contribution in [3.63, 3.8) is 0 Å². The van der Waals surface area contributed by atoms with Crippen molar-refractivity contribution in [3.8, 4) is 0 Å². The maximum absolute atomic E-state index is 7.96. The van der Waals surface area contributed by atoms with Crippen LogP contribution in [0, 0.1) is 0 Å². The summed E-state index contributed by atoms with van der Waals surface area (Å²) in [5, 5.41) is 9.62. The molecule has 1 aromatic rings. The smallest absolute Gasteiger partial charge is 0.0600 e. The maximum atomic E-state index is 7.96. The van der Waals surface area contributed by atoms with Gasteiger partial charge in [0.1, 0.15) is 0 Å². The molecule has 0 atom stereocenters. The summed E-state index contributed by atoms with van der Waals surface area (Å²) in [4.78, 5) is 0. The fourth-order valence-electron chi connectivity index (χ4n) is 0.695. The van der Waals surface area contributed by atoms with E-state index < -0.39 is 0 Å². The van der Waals surface area contributed by atoms with Gasteiger partial charge in [0, 0.05) is 5.41 Å². The van der Waals surface area contributed by atoms with Crippen molar-refractivity contribution in [3.05, 3.63) is 41.3 Å². The molecule has 1 rings (SSSR count). The summed E-state index contributed by atoms with van der Waals surface area (Å²) < 4.78 is 3.79. The molecule has 3 heteroatoms. The first-order valence-electron chi connectivity index (χ1n) is 3.12. The highest BCUT2D eigenvalue weighted by molar-refractivity contribution is 7.97. The van der Waals surface area contributed by atoms with E-state index in [1.54, 1.807) is 5.41 Å². The second kappa shape index (κ2) is 4.96. The van der Waals surface area contributed by atoms with Gasteiger partial charge in [0.15, 0.2) is 0 Å². The molecule has 0 fully saturated rings. The average molecular weight is 168 g/mol. The first kappa shape index (κ1) is 8.33. The zero-order valence-corrected chi connectivity index (χ0v) is 6.62. The van der Waals surface area contributed by atoms with Gasteiger partial charge in [-0.3, -0.25) is 0 Å². The molecule has 0 saturated carbocycles. The zero-order chi connectivity index (χ0) is 7.94. The van der Waals surface area contributed by atoms with Crippen LogP contribution in [-0.2, 0) is 4.33 Å². The molecule has 11 heavy (non-hydrogen) atoms. The van der Waals surface area contributed by atoms with E-state index in [1.807, 2.05) is 36.4 Å². The van der Waals surface area contributed by atoms with Crippen LogP contribution >= 0.6 is 12.0 Å². The zero-order valence-electron chi connectivity index (χ0n) is 5.81. The molecule has 0 aromatic heterocycles. The minimum absolute atomic E-state index is 0.878. The lowest BCUT2D eigenvalue weighted by atomic mass is 10.2. The Morgan fingerprint density at radius 1 is 1.27 bits per heavy atom. The van der Waals surface area contributed by atoms with E-state index in [0.29, 0.717) is 0 Å². The fraction of sp³-hybridized carbons (Fsp3) is 0. The van der Waals surface area contributed by atoms with E-state index in [-0.39, 0.29) is 0 Å². The van der Waals surface area contributed by atoms with Gasteiger partial charge in [-0.2, -0.15) is 4.33 Å². The van der Waals surface area contributed by atoms with Crippen LogP contribution in [0.1, 0.15) is 5.56 Å². The van der Waals surface area contributed by atoms with Crippen molar-refractivity contribution in [2.24, 2.45) is 0 Å². The van der Waals surface area contributed by atoms with Crippen LogP contribution in [0.5, 0.6) is 0 Å². The molecule has 0 aliphatic heterocycles. The largest absolute Gasteiger partial charge is 0.239 e. The van der Waals surface area contributed by atoms with E-state index in [4.69, 9.17) is 5.26 Å². The Morgan fingerprint density at radius 3 is 2.64 bits per heavy atom. The third-order valence-electron chi connectivity index (χ3n) is 1.16. The molecular weight excluding hydrogens is 160 g/mol. The lowest BCUT2D eigenvalue weighted by Crippen LogP contribution is -1.67. The van der Waals surface area contributed by atoms with E-state index >= 15 is 0 Å². The van der Waals surface area contributed by atoms with Gasteiger partial charge < -0.3 is 0 Å². The Hall–Kier alpha value is -0.770. The lowest BCUT2D eigenvalue weighted by Gasteiger charge is -1.88. The summed E-state index contributed by atoms with van der Waals surface area (Å²) >= 11 is 0.878. The van der Waals surface area contributed by atoms with E-state index in [2.05, 4.69) is 4.33 Å². The highest BCUT2D eigenvalue weighted by atomic mass is 32.2. The molecule has 1 N–H and O–H groups in total. The SMILES string of the molecule is OOSC=Cc1ccccc1. The Balaban J connectivity index is 2.50. The predicted octanol–water partition coefficient (Wildman–Crippen LogP) is 2.80. The molecule has 0 unspecified atom stereocenters. The van der Waals surface area contributed by atoms with Crippen molar-refractivity contribution in [1.29, 1.82) is 0 Å². The molecule has 0 radical (unpaired) electrons. The topological polar surface area (TPSA) is 29.5 Å². The van der Waals surface area contributed by atoms with Crippen molar-refractivity contribution in [1.82, 2.24) is 0 Å². The van der Waals surface area contributed by atoms with Crippen LogP contribution in [0.25, 0.3) is 6.08 Å².